The van der Waals surface area contributed by atoms with Crippen molar-refractivity contribution in [2.75, 3.05) is 31.6 Å². The second-order valence-corrected chi connectivity index (χ2v) is 3.96. The zero-order chi connectivity index (χ0) is 12.7. The van der Waals surface area contributed by atoms with Crippen molar-refractivity contribution in [3.05, 3.63) is 29.6 Å². The van der Waals surface area contributed by atoms with E-state index in [-0.39, 0.29) is 12.4 Å². The Morgan fingerprint density at radius 1 is 1.41 bits per heavy atom. The minimum atomic E-state index is -0.211. The van der Waals surface area contributed by atoms with E-state index in [4.69, 9.17) is 5.11 Å². The van der Waals surface area contributed by atoms with Gasteiger partial charge in [-0.25, -0.2) is 4.39 Å². The van der Waals surface area contributed by atoms with Gasteiger partial charge in [0.05, 0.1) is 0 Å². The van der Waals surface area contributed by atoms with Crippen molar-refractivity contribution >= 4 is 5.69 Å². The molecule has 0 radical (unpaired) electrons. The largest absolute Gasteiger partial charge is 0.396 e. The van der Waals surface area contributed by atoms with Crippen LogP contribution in [0.3, 0.4) is 0 Å². The van der Waals surface area contributed by atoms with Gasteiger partial charge in [0, 0.05) is 31.9 Å². The van der Waals surface area contributed by atoms with Crippen LogP contribution in [0, 0.1) is 5.82 Å². The molecule has 0 amide bonds. The Bertz CT molecular complexity index is 344. The third kappa shape index (κ3) is 3.98. The number of nitrogens with zero attached hydrogens (tertiary/aromatic N) is 1. The van der Waals surface area contributed by atoms with Crippen LogP contribution in [-0.4, -0.2) is 31.9 Å². The molecule has 0 unspecified atom stereocenters. The summed E-state index contributed by atoms with van der Waals surface area (Å²) in [4.78, 5) is 2.16. The molecular formula is C13H21FN2O. The summed E-state index contributed by atoms with van der Waals surface area (Å²) >= 11 is 0. The standard InChI is InChI=1S/C13H21FN2O/c1-3-16(7-4-8-17)13-6-5-12(14)9-11(13)10-15-2/h5-6,9,15,17H,3-4,7-8,10H2,1-2H3. The van der Waals surface area contributed by atoms with Gasteiger partial charge in [-0.05, 0) is 44.2 Å². The normalized spacial score (nSPS) is 10.6. The first kappa shape index (κ1) is 13.9. The van der Waals surface area contributed by atoms with Crippen molar-refractivity contribution < 1.29 is 9.50 Å². The Hall–Kier alpha value is -1.13. The van der Waals surface area contributed by atoms with Crippen LogP contribution in [0.25, 0.3) is 0 Å². The highest BCUT2D eigenvalue weighted by Gasteiger charge is 2.10. The van der Waals surface area contributed by atoms with Crippen LogP contribution in [0.1, 0.15) is 18.9 Å². The molecule has 0 atom stereocenters. The molecule has 0 saturated carbocycles. The van der Waals surface area contributed by atoms with Gasteiger partial charge in [0.2, 0.25) is 0 Å². The lowest BCUT2D eigenvalue weighted by Crippen LogP contribution is -2.26. The van der Waals surface area contributed by atoms with Crippen molar-refractivity contribution in [3.63, 3.8) is 0 Å². The van der Waals surface area contributed by atoms with Gasteiger partial charge in [0.1, 0.15) is 5.82 Å². The fourth-order valence-electron chi connectivity index (χ4n) is 1.91. The van der Waals surface area contributed by atoms with Crippen LogP contribution in [0.15, 0.2) is 18.2 Å². The van der Waals surface area contributed by atoms with Gasteiger partial charge in [0.25, 0.3) is 0 Å². The van der Waals surface area contributed by atoms with E-state index in [1.54, 1.807) is 6.07 Å². The molecule has 17 heavy (non-hydrogen) atoms. The number of nitrogens with one attached hydrogen (secondary N) is 1. The summed E-state index contributed by atoms with van der Waals surface area (Å²) < 4.78 is 13.2. The van der Waals surface area contributed by atoms with Crippen molar-refractivity contribution in [1.29, 1.82) is 0 Å². The maximum absolute atomic E-state index is 13.2. The maximum atomic E-state index is 13.2. The topological polar surface area (TPSA) is 35.5 Å². The number of hydrogen-bond acceptors (Lipinski definition) is 3. The number of halogens is 1. The van der Waals surface area contributed by atoms with Gasteiger partial charge < -0.3 is 15.3 Å². The lowest BCUT2D eigenvalue weighted by Gasteiger charge is -2.25. The minimum absolute atomic E-state index is 0.180. The van der Waals surface area contributed by atoms with Crippen LogP contribution in [0.2, 0.25) is 0 Å². The van der Waals surface area contributed by atoms with Crippen molar-refractivity contribution in [1.82, 2.24) is 5.32 Å². The lowest BCUT2D eigenvalue weighted by atomic mass is 10.1. The van der Waals surface area contributed by atoms with E-state index in [0.717, 1.165) is 30.8 Å². The summed E-state index contributed by atoms with van der Waals surface area (Å²) in [5.74, 6) is -0.211. The molecule has 1 rings (SSSR count). The zero-order valence-corrected chi connectivity index (χ0v) is 10.5. The molecule has 1 aromatic rings. The number of aliphatic hydroxyl groups excluding tert-OH is 1. The monoisotopic (exact) mass is 240 g/mol. The van der Waals surface area contributed by atoms with E-state index >= 15 is 0 Å². The average Bonchev–Trinajstić information content (AvgIpc) is 2.32. The molecule has 0 fully saturated rings. The SMILES string of the molecule is CCN(CCCO)c1ccc(F)cc1CNC. The molecule has 2 N–H and O–H groups in total. The van der Waals surface area contributed by atoms with Gasteiger partial charge in [0.15, 0.2) is 0 Å². The van der Waals surface area contributed by atoms with E-state index in [9.17, 15) is 4.39 Å². The summed E-state index contributed by atoms with van der Waals surface area (Å²) in [7, 11) is 1.85. The van der Waals surface area contributed by atoms with Crippen molar-refractivity contribution in [2.24, 2.45) is 0 Å². The molecule has 0 heterocycles. The molecule has 1 aromatic carbocycles. The van der Waals surface area contributed by atoms with Gasteiger partial charge in [-0.3, -0.25) is 0 Å². The first-order chi connectivity index (χ1) is 8.22. The number of anilines is 1. The lowest BCUT2D eigenvalue weighted by molar-refractivity contribution is 0.289. The van der Waals surface area contributed by atoms with E-state index < -0.39 is 0 Å². The van der Waals surface area contributed by atoms with Crippen molar-refractivity contribution in [3.8, 4) is 0 Å². The van der Waals surface area contributed by atoms with E-state index in [1.807, 2.05) is 13.1 Å². The molecule has 0 bridgehead atoms. The van der Waals surface area contributed by atoms with E-state index in [2.05, 4.69) is 17.1 Å². The fraction of sp³-hybridized carbons (Fsp3) is 0.538. The van der Waals surface area contributed by atoms with Gasteiger partial charge in [-0.15, -0.1) is 0 Å². The second-order valence-electron chi connectivity index (χ2n) is 3.96. The molecule has 0 saturated heterocycles. The summed E-state index contributed by atoms with van der Waals surface area (Å²) in [5, 5.41) is 11.9. The third-order valence-electron chi connectivity index (χ3n) is 2.72. The number of hydrogen-bond donors (Lipinski definition) is 2. The van der Waals surface area contributed by atoms with Crippen LogP contribution in [-0.2, 0) is 6.54 Å². The predicted molar refractivity (Wildman–Crippen MR) is 68.8 cm³/mol. The highest BCUT2D eigenvalue weighted by molar-refractivity contribution is 5.53. The Labute approximate surface area is 102 Å². The summed E-state index contributed by atoms with van der Waals surface area (Å²) in [6.07, 6.45) is 0.726. The minimum Gasteiger partial charge on any atom is -0.396 e. The molecule has 3 nitrogen and oxygen atoms in total. The number of rotatable bonds is 7. The predicted octanol–water partition coefficient (Wildman–Crippen LogP) is 1.75. The highest BCUT2D eigenvalue weighted by Crippen LogP contribution is 2.21. The maximum Gasteiger partial charge on any atom is 0.123 e. The molecule has 0 aromatic heterocycles. The fourth-order valence-corrected chi connectivity index (χ4v) is 1.91. The first-order valence-electron chi connectivity index (χ1n) is 6.01. The average molecular weight is 240 g/mol. The Balaban J connectivity index is 2.91. The van der Waals surface area contributed by atoms with Crippen LogP contribution in [0.5, 0.6) is 0 Å². The van der Waals surface area contributed by atoms with E-state index in [0.29, 0.717) is 6.54 Å². The molecule has 4 heteroatoms. The number of benzene rings is 1. The smallest absolute Gasteiger partial charge is 0.123 e. The molecule has 0 spiro atoms. The summed E-state index contributed by atoms with van der Waals surface area (Å²) in [6, 6.07) is 4.85. The van der Waals surface area contributed by atoms with Gasteiger partial charge in [-0.1, -0.05) is 0 Å². The number of aliphatic hydroxyl groups is 1. The van der Waals surface area contributed by atoms with Crippen molar-refractivity contribution in [2.45, 2.75) is 19.9 Å². The Morgan fingerprint density at radius 3 is 2.76 bits per heavy atom. The Kier molecular flexibility index (Phi) is 5.94. The quantitative estimate of drug-likeness (QED) is 0.762. The molecule has 96 valence electrons. The van der Waals surface area contributed by atoms with Gasteiger partial charge >= 0.3 is 0 Å². The van der Waals surface area contributed by atoms with Crippen LogP contribution >= 0.6 is 0 Å². The molecular weight excluding hydrogens is 219 g/mol. The van der Waals surface area contributed by atoms with Gasteiger partial charge in [-0.2, -0.15) is 0 Å². The molecule has 0 aliphatic rings. The molecule has 0 aliphatic heterocycles. The zero-order valence-electron chi connectivity index (χ0n) is 10.5. The second kappa shape index (κ2) is 7.25. The van der Waals surface area contributed by atoms with Crippen LogP contribution < -0.4 is 10.2 Å². The van der Waals surface area contributed by atoms with Crippen LogP contribution in [0.4, 0.5) is 10.1 Å². The summed E-state index contributed by atoms with van der Waals surface area (Å²) in [6.45, 7) is 4.52. The summed E-state index contributed by atoms with van der Waals surface area (Å²) in [5.41, 5.74) is 1.99. The van der Waals surface area contributed by atoms with E-state index in [1.165, 1.54) is 6.07 Å². The first-order valence-corrected chi connectivity index (χ1v) is 6.01. The Morgan fingerprint density at radius 2 is 2.18 bits per heavy atom. The third-order valence-corrected chi connectivity index (χ3v) is 2.72. The molecule has 0 aliphatic carbocycles. The highest BCUT2D eigenvalue weighted by atomic mass is 19.1.